The molecule has 7 rings (SSSR count). The number of hydrogen-bond donors (Lipinski definition) is 0. The standard InChI is InChI=1S/C42H35N/c1-28-20-29(2)23-34(22-28)37-26-39-40(27-38(37)35-24-30(3)21-31(4)25-35)42(33-16-10-6-11-17-33)43(36-18-12-7-13-19-36)41(39)32-14-8-5-9-15-32/h5-27H,1-4H3. The minimum absolute atomic E-state index is 1.15. The highest BCUT2D eigenvalue weighted by atomic mass is 15.0. The van der Waals surface area contributed by atoms with E-state index in [1.165, 1.54) is 77.8 Å². The maximum absolute atomic E-state index is 2.46. The molecule has 0 spiro atoms. The second-order valence-electron chi connectivity index (χ2n) is 11.8. The number of fused-ring (bicyclic) bond motifs is 1. The largest absolute Gasteiger partial charge is 0.308 e. The van der Waals surface area contributed by atoms with Crippen LogP contribution in [0, 0.1) is 27.7 Å². The molecule has 7 aromatic rings. The number of nitrogens with zero attached hydrogens (tertiary/aromatic N) is 1. The van der Waals surface area contributed by atoms with Gasteiger partial charge in [0.25, 0.3) is 0 Å². The molecule has 0 fully saturated rings. The van der Waals surface area contributed by atoms with E-state index in [0.29, 0.717) is 0 Å². The molecule has 208 valence electrons. The Morgan fingerprint density at radius 1 is 0.349 bits per heavy atom. The Hall–Kier alpha value is -5.14. The van der Waals surface area contributed by atoms with Gasteiger partial charge >= 0.3 is 0 Å². The molecule has 43 heavy (non-hydrogen) atoms. The van der Waals surface area contributed by atoms with Gasteiger partial charge in [0.2, 0.25) is 0 Å². The number of aryl methyl sites for hydroxylation is 4. The van der Waals surface area contributed by atoms with E-state index in [-0.39, 0.29) is 0 Å². The van der Waals surface area contributed by atoms with Gasteiger partial charge in [0.1, 0.15) is 0 Å². The summed E-state index contributed by atoms with van der Waals surface area (Å²) in [5.74, 6) is 0. The summed E-state index contributed by atoms with van der Waals surface area (Å²) in [5, 5.41) is 2.49. The van der Waals surface area contributed by atoms with Crippen LogP contribution in [-0.2, 0) is 0 Å². The van der Waals surface area contributed by atoms with Crippen molar-refractivity contribution in [1.29, 1.82) is 0 Å². The van der Waals surface area contributed by atoms with Gasteiger partial charge in [0, 0.05) is 16.5 Å². The maximum atomic E-state index is 2.46. The molecule has 0 saturated carbocycles. The predicted molar refractivity (Wildman–Crippen MR) is 184 cm³/mol. The van der Waals surface area contributed by atoms with Crippen LogP contribution in [0.3, 0.4) is 0 Å². The van der Waals surface area contributed by atoms with E-state index in [1.54, 1.807) is 0 Å². The molecule has 0 aliphatic rings. The van der Waals surface area contributed by atoms with E-state index >= 15 is 0 Å². The molecule has 0 aliphatic carbocycles. The average Bonchev–Trinajstić information content (AvgIpc) is 3.35. The Balaban J connectivity index is 1.70. The molecule has 0 atom stereocenters. The molecule has 0 saturated heterocycles. The summed E-state index contributed by atoms with van der Waals surface area (Å²) >= 11 is 0. The van der Waals surface area contributed by atoms with Crippen molar-refractivity contribution in [3.63, 3.8) is 0 Å². The summed E-state index contributed by atoms with van der Waals surface area (Å²) in [6.45, 7) is 8.78. The van der Waals surface area contributed by atoms with E-state index in [1.807, 2.05) is 0 Å². The van der Waals surface area contributed by atoms with Gasteiger partial charge < -0.3 is 4.57 Å². The van der Waals surface area contributed by atoms with Crippen LogP contribution in [-0.4, -0.2) is 4.57 Å². The fourth-order valence-electron chi connectivity index (χ4n) is 6.68. The maximum Gasteiger partial charge on any atom is 0.0613 e. The van der Waals surface area contributed by atoms with Crippen molar-refractivity contribution in [2.24, 2.45) is 0 Å². The molecule has 0 bridgehead atoms. The van der Waals surface area contributed by atoms with Gasteiger partial charge in [-0.05, 0) is 85.3 Å². The monoisotopic (exact) mass is 553 g/mol. The molecule has 1 nitrogen and oxygen atoms in total. The first-order valence-corrected chi connectivity index (χ1v) is 15.0. The Morgan fingerprint density at radius 2 is 0.698 bits per heavy atom. The van der Waals surface area contributed by atoms with Crippen LogP contribution in [0.2, 0.25) is 0 Å². The lowest BCUT2D eigenvalue weighted by atomic mass is 9.88. The molecular formula is C42H35N. The number of rotatable bonds is 5. The number of benzene rings is 6. The zero-order valence-electron chi connectivity index (χ0n) is 25.2. The normalized spacial score (nSPS) is 11.3. The van der Waals surface area contributed by atoms with E-state index < -0.39 is 0 Å². The molecule has 0 radical (unpaired) electrons. The Morgan fingerprint density at radius 3 is 1.07 bits per heavy atom. The molecule has 0 aliphatic heterocycles. The lowest BCUT2D eigenvalue weighted by Gasteiger charge is -2.15. The van der Waals surface area contributed by atoms with Gasteiger partial charge in [0.15, 0.2) is 0 Å². The van der Waals surface area contributed by atoms with E-state index in [4.69, 9.17) is 0 Å². The van der Waals surface area contributed by atoms with Crippen molar-refractivity contribution in [3.8, 4) is 50.5 Å². The first-order valence-electron chi connectivity index (χ1n) is 15.0. The Bertz CT molecular complexity index is 1910. The third-order valence-electron chi connectivity index (χ3n) is 8.29. The van der Waals surface area contributed by atoms with Gasteiger partial charge in [-0.3, -0.25) is 0 Å². The van der Waals surface area contributed by atoms with Crippen molar-refractivity contribution < 1.29 is 0 Å². The predicted octanol–water partition coefficient (Wildman–Crippen LogP) is 11.5. The van der Waals surface area contributed by atoms with E-state index in [2.05, 4.69) is 172 Å². The lowest BCUT2D eigenvalue weighted by molar-refractivity contribution is 1.10. The first kappa shape index (κ1) is 26.7. The number of hydrogen-bond acceptors (Lipinski definition) is 0. The zero-order chi connectivity index (χ0) is 29.5. The highest BCUT2D eigenvalue weighted by Gasteiger charge is 2.23. The summed E-state index contributed by atoms with van der Waals surface area (Å²) in [5.41, 5.74) is 16.1. The van der Waals surface area contributed by atoms with Crippen molar-refractivity contribution in [2.45, 2.75) is 27.7 Å². The Kier molecular flexibility index (Phi) is 6.80. The quantitative estimate of drug-likeness (QED) is 0.200. The number of aromatic nitrogens is 1. The highest BCUT2D eigenvalue weighted by molar-refractivity contribution is 6.10. The van der Waals surface area contributed by atoms with E-state index in [0.717, 1.165) is 5.69 Å². The second kappa shape index (κ2) is 10.9. The molecule has 0 unspecified atom stereocenters. The van der Waals surface area contributed by atoms with Crippen molar-refractivity contribution in [1.82, 2.24) is 4.57 Å². The SMILES string of the molecule is Cc1cc(C)cc(-c2cc3c(-c4ccccc4)n(-c4ccccc4)c(-c4ccccc4)c3cc2-c2cc(C)cc(C)c2)c1. The van der Waals surface area contributed by atoms with Crippen LogP contribution in [0.15, 0.2) is 140 Å². The third kappa shape index (κ3) is 4.98. The van der Waals surface area contributed by atoms with Gasteiger partial charge in [0.05, 0.1) is 11.4 Å². The summed E-state index contributed by atoms with van der Waals surface area (Å²) in [6, 6.07) is 51.2. The minimum Gasteiger partial charge on any atom is -0.308 e. The van der Waals surface area contributed by atoms with Crippen LogP contribution < -0.4 is 0 Å². The molecule has 1 aromatic heterocycles. The fourth-order valence-corrected chi connectivity index (χ4v) is 6.68. The molecule has 0 amide bonds. The van der Waals surface area contributed by atoms with Crippen molar-refractivity contribution in [3.05, 3.63) is 162 Å². The second-order valence-corrected chi connectivity index (χ2v) is 11.8. The van der Waals surface area contributed by atoms with Gasteiger partial charge in [-0.25, -0.2) is 0 Å². The lowest BCUT2D eigenvalue weighted by Crippen LogP contribution is -1.99. The molecular weight excluding hydrogens is 518 g/mol. The zero-order valence-corrected chi connectivity index (χ0v) is 25.2. The van der Waals surface area contributed by atoms with Crippen LogP contribution in [0.4, 0.5) is 0 Å². The minimum atomic E-state index is 1.15. The van der Waals surface area contributed by atoms with Crippen LogP contribution in [0.25, 0.3) is 61.2 Å². The molecule has 6 aromatic carbocycles. The van der Waals surface area contributed by atoms with Crippen LogP contribution in [0.5, 0.6) is 0 Å². The highest BCUT2D eigenvalue weighted by Crippen LogP contribution is 2.46. The topological polar surface area (TPSA) is 4.93 Å². The van der Waals surface area contributed by atoms with Crippen molar-refractivity contribution >= 4 is 10.8 Å². The average molecular weight is 554 g/mol. The first-order chi connectivity index (χ1) is 21.0. The smallest absolute Gasteiger partial charge is 0.0613 e. The van der Waals surface area contributed by atoms with Crippen LogP contribution in [0.1, 0.15) is 22.3 Å². The van der Waals surface area contributed by atoms with Gasteiger partial charge in [-0.2, -0.15) is 0 Å². The summed E-state index contributed by atoms with van der Waals surface area (Å²) in [6.07, 6.45) is 0. The van der Waals surface area contributed by atoms with Gasteiger partial charge in [-0.1, -0.05) is 138 Å². The van der Waals surface area contributed by atoms with E-state index in [9.17, 15) is 0 Å². The van der Waals surface area contributed by atoms with Crippen molar-refractivity contribution in [2.75, 3.05) is 0 Å². The number of para-hydroxylation sites is 1. The summed E-state index contributed by atoms with van der Waals surface area (Å²) < 4.78 is 2.46. The van der Waals surface area contributed by atoms with Crippen LogP contribution >= 0.6 is 0 Å². The summed E-state index contributed by atoms with van der Waals surface area (Å²) in [4.78, 5) is 0. The molecule has 0 N–H and O–H groups in total. The Labute approximate surface area is 254 Å². The fraction of sp³-hybridized carbons (Fsp3) is 0.0952. The molecule has 1 heteroatoms. The summed E-state index contributed by atoms with van der Waals surface area (Å²) in [7, 11) is 0. The van der Waals surface area contributed by atoms with Gasteiger partial charge in [-0.15, -0.1) is 0 Å². The third-order valence-corrected chi connectivity index (χ3v) is 8.29. The molecule has 1 heterocycles.